The molecule has 0 aromatic carbocycles. The number of aldehydes is 1. The molecular weight excluding hydrogens is 188 g/mol. The van der Waals surface area contributed by atoms with Crippen LogP contribution in [-0.4, -0.2) is 18.0 Å². The van der Waals surface area contributed by atoms with Gasteiger partial charge in [0.2, 0.25) is 0 Å². The number of rotatable bonds is 4. The van der Waals surface area contributed by atoms with Crippen LogP contribution in [0.15, 0.2) is 12.2 Å². The summed E-state index contributed by atoms with van der Waals surface area (Å²) in [4.78, 5) is 10.5. The molecule has 0 aliphatic heterocycles. The molecule has 15 heavy (non-hydrogen) atoms. The van der Waals surface area contributed by atoms with E-state index < -0.39 is 0 Å². The first-order chi connectivity index (χ1) is 7.13. The molecule has 2 heteroatoms. The zero-order valence-electron chi connectivity index (χ0n) is 9.41. The van der Waals surface area contributed by atoms with Crippen molar-refractivity contribution in [2.45, 2.75) is 32.6 Å². The molecule has 0 aromatic rings. The highest BCUT2D eigenvalue weighted by molar-refractivity contribution is 5.49. The van der Waals surface area contributed by atoms with E-state index in [0.29, 0.717) is 30.8 Å². The quantitative estimate of drug-likeness (QED) is 0.568. The van der Waals surface area contributed by atoms with Gasteiger partial charge in [0.15, 0.2) is 0 Å². The Labute approximate surface area is 91.4 Å². The van der Waals surface area contributed by atoms with E-state index in [-0.39, 0.29) is 5.41 Å². The fourth-order valence-electron chi connectivity index (χ4n) is 3.68. The molecule has 2 saturated carbocycles. The van der Waals surface area contributed by atoms with Gasteiger partial charge in [-0.05, 0) is 42.4 Å². The maximum absolute atomic E-state index is 10.5. The van der Waals surface area contributed by atoms with E-state index in [1.54, 1.807) is 0 Å². The molecule has 0 unspecified atom stereocenters. The van der Waals surface area contributed by atoms with Gasteiger partial charge >= 0.3 is 0 Å². The number of hydrogen-bond donors (Lipinski definition) is 1. The fourth-order valence-corrected chi connectivity index (χ4v) is 3.68. The standard InChI is InChI=1S/C13H20O2/c1-9-12-7-11(6-10(12)8-15)13(9,2)4-3-5-14/h5,10-12,15H,1,3-4,6-8H2,2H3/t10-,11-,12+,13-/m1/s1. The van der Waals surface area contributed by atoms with Crippen molar-refractivity contribution in [2.75, 3.05) is 6.61 Å². The van der Waals surface area contributed by atoms with Crippen molar-refractivity contribution in [2.24, 2.45) is 23.2 Å². The van der Waals surface area contributed by atoms with Crippen molar-refractivity contribution < 1.29 is 9.90 Å². The third-order valence-corrected chi connectivity index (χ3v) is 4.79. The van der Waals surface area contributed by atoms with Gasteiger partial charge in [0.05, 0.1) is 0 Å². The first-order valence-electron chi connectivity index (χ1n) is 5.87. The van der Waals surface area contributed by atoms with Crippen LogP contribution in [-0.2, 0) is 4.79 Å². The van der Waals surface area contributed by atoms with Crippen LogP contribution in [0.4, 0.5) is 0 Å². The second kappa shape index (κ2) is 3.75. The second-order valence-corrected chi connectivity index (χ2v) is 5.37. The van der Waals surface area contributed by atoms with E-state index in [1.807, 2.05) is 0 Å². The van der Waals surface area contributed by atoms with Gasteiger partial charge in [-0.25, -0.2) is 0 Å². The Morgan fingerprint density at radius 2 is 2.33 bits per heavy atom. The molecule has 0 radical (unpaired) electrons. The minimum absolute atomic E-state index is 0.164. The topological polar surface area (TPSA) is 37.3 Å². The van der Waals surface area contributed by atoms with E-state index in [4.69, 9.17) is 0 Å². The lowest BCUT2D eigenvalue weighted by Crippen LogP contribution is -2.31. The molecule has 0 saturated heterocycles. The summed E-state index contributed by atoms with van der Waals surface area (Å²) in [6.45, 7) is 6.76. The van der Waals surface area contributed by atoms with Crippen LogP contribution >= 0.6 is 0 Å². The number of carbonyl (C=O) groups is 1. The largest absolute Gasteiger partial charge is 0.396 e. The fraction of sp³-hybridized carbons (Fsp3) is 0.769. The lowest BCUT2D eigenvalue weighted by atomic mass is 9.66. The first kappa shape index (κ1) is 10.9. The Balaban J connectivity index is 2.12. The first-order valence-corrected chi connectivity index (χ1v) is 5.87. The maximum atomic E-state index is 10.5. The summed E-state index contributed by atoms with van der Waals surface area (Å²) in [5, 5.41) is 9.25. The van der Waals surface area contributed by atoms with Crippen LogP contribution in [0.2, 0.25) is 0 Å². The summed E-state index contributed by atoms with van der Waals surface area (Å²) < 4.78 is 0. The summed E-state index contributed by atoms with van der Waals surface area (Å²) in [5.41, 5.74) is 1.46. The molecule has 4 atom stereocenters. The van der Waals surface area contributed by atoms with Crippen molar-refractivity contribution in [1.82, 2.24) is 0 Å². The molecule has 2 aliphatic rings. The predicted molar refractivity (Wildman–Crippen MR) is 59.3 cm³/mol. The molecule has 84 valence electrons. The van der Waals surface area contributed by atoms with Gasteiger partial charge in [0.25, 0.3) is 0 Å². The van der Waals surface area contributed by atoms with Crippen LogP contribution in [0.5, 0.6) is 0 Å². The monoisotopic (exact) mass is 208 g/mol. The minimum atomic E-state index is 0.164. The van der Waals surface area contributed by atoms with Crippen molar-refractivity contribution in [1.29, 1.82) is 0 Å². The molecule has 0 heterocycles. The number of allylic oxidation sites excluding steroid dienone is 1. The second-order valence-electron chi connectivity index (χ2n) is 5.37. The van der Waals surface area contributed by atoms with Gasteiger partial charge < -0.3 is 9.90 Å². The summed E-state index contributed by atoms with van der Waals surface area (Å²) in [7, 11) is 0. The van der Waals surface area contributed by atoms with Gasteiger partial charge in [-0.1, -0.05) is 19.1 Å². The maximum Gasteiger partial charge on any atom is 0.120 e. The molecule has 2 aliphatic carbocycles. The molecule has 2 bridgehead atoms. The Kier molecular flexibility index (Phi) is 2.72. The van der Waals surface area contributed by atoms with Crippen LogP contribution < -0.4 is 0 Å². The molecule has 1 N–H and O–H groups in total. The third kappa shape index (κ3) is 1.46. The molecule has 2 nitrogen and oxygen atoms in total. The minimum Gasteiger partial charge on any atom is -0.396 e. The van der Waals surface area contributed by atoms with Crippen LogP contribution in [0.25, 0.3) is 0 Å². The van der Waals surface area contributed by atoms with E-state index in [0.717, 1.165) is 19.1 Å². The summed E-state index contributed by atoms with van der Waals surface area (Å²) in [6.07, 6.45) is 4.89. The Morgan fingerprint density at radius 1 is 1.60 bits per heavy atom. The Hall–Kier alpha value is -0.630. The number of fused-ring (bicyclic) bond motifs is 2. The average molecular weight is 208 g/mol. The van der Waals surface area contributed by atoms with Crippen LogP contribution in [0, 0.1) is 23.2 Å². The highest BCUT2D eigenvalue weighted by Crippen LogP contribution is 2.62. The van der Waals surface area contributed by atoms with E-state index in [1.165, 1.54) is 12.0 Å². The lowest BCUT2D eigenvalue weighted by molar-refractivity contribution is -0.108. The lowest BCUT2D eigenvalue weighted by Gasteiger charge is -2.38. The number of carbonyl (C=O) groups excluding carboxylic acids is 1. The number of hydrogen-bond acceptors (Lipinski definition) is 2. The van der Waals surface area contributed by atoms with Crippen LogP contribution in [0.1, 0.15) is 32.6 Å². The molecule has 2 rings (SSSR count). The third-order valence-electron chi connectivity index (χ3n) is 4.79. The smallest absolute Gasteiger partial charge is 0.120 e. The van der Waals surface area contributed by atoms with Gasteiger partial charge in [-0.2, -0.15) is 0 Å². The number of aliphatic hydroxyl groups is 1. The molecule has 0 spiro atoms. The normalized spacial score (nSPS) is 43.6. The molecule has 0 aromatic heterocycles. The molecular formula is C13H20O2. The Morgan fingerprint density at radius 3 is 2.87 bits per heavy atom. The predicted octanol–water partition coefficient (Wildman–Crippen LogP) is 2.18. The van der Waals surface area contributed by atoms with Gasteiger partial charge in [-0.3, -0.25) is 0 Å². The van der Waals surface area contributed by atoms with Crippen molar-refractivity contribution in [3.05, 3.63) is 12.2 Å². The van der Waals surface area contributed by atoms with E-state index in [9.17, 15) is 9.90 Å². The summed E-state index contributed by atoms with van der Waals surface area (Å²) >= 11 is 0. The van der Waals surface area contributed by atoms with Crippen molar-refractivity contribution in [3.63, 3.8) is 0 Å². The van der Waals surface area contributed by atoms with Crippen molar-refractivity contribution >= 4 is 6.29 Å². The highest BCUT2D eigenvalue weighted by atomic mass is 16.3. The summed E-state index contributed by atoms with van der Waals surface area (Å²) in [5.74, 6) is 1.59. The molecule has 2 fully saturated rings. The van der Waals surface area contributed by atoms with E-state index in [2.05, 4.69) is 13.5 Å². The van der Waals surface area contributed by atoms with Gasteiger partial charge in [0.1, 0.15) is 6.29 Å². The van der Waals surface area contributed by atoms with Gasteiger partial charge in [-0.15, -0.1) is 0 Å². The zero-order valence-corrected chi connectivity index (χ0v) is 9.41. The van der Waals surface area contributed by atoms with Gasteiger partial charge in [0, 0.05) is 13.0 Å². The highest BCUT2D eigenvalue weighted by Gasteiger charge is 2.54. The van der Waals surface area contributed by atoms with E-state index >= 15 is 0 Å². The Bertz CT molecular complexity index is 284. The number of aliphatic hydroxyl groups excluding tert-OH is 1. The van der Waals surface area contributed by atoms with Crippen LogP contribution in [0.3, 0.4) is 0 Å². The average Bonchev–Trinajstić information content (AvgIpc) is 2.76. The SMILES string of the molecule is C=C1[C@@H]2C[C@@H](C[C@@H]2CO)[C@]1(C)CCC=O. The molecule has 0 amide bonds. The summed E-state index contributed by atoms with van der Waals surface area (Å²) in [6, 6.07) is 0. The zero-order chi connectivity index (χ0) is 11.1. The van der Waals surface area contributed by atoms with Crippen molar-refractivity contribution in [3.8, 4) is 0 Å².